The summed E-state index contributed by atoms with van der Waals surface area (Å²) in [6.45, 7) is 3.37. The molecule has 3 rings (SSSR count). The van der Waals surface area contributed by atoms with Gasteiger partial charge in [0.25, 0.3) is 0 Å². The molecular weight excluding hydrogens is 290 g/mol. The summed E-state index contributed by atoms with van der Waals surface area (Å²) >= 11 is 0. The molecule has 4 heteroatoms. The number of hydrogen-bond acceptors (Lipinski definition) is 3. The minimum absolute atomic E-state index is 0.0694. The van der Waals surface area contributed by atoms with Gasteiger partial charge in [-0.3, -0.25) is 4.79 Å². The van der Waals surface area contributed by atoms with Crippen LogP contribution in [0.5, 0.6) is 0 Å². The van der Waals surface area contributed by atoms with Gasteiger partial charge in [0, 0.05) is 5.69 Å². The molecule has 1 aliphatic rings. The number of benzene rings is 2. The van der Waals surface area contributed by atoms with Crippen molar-refractivity contribution in [2.24, 2.45) is 0 Å². The normalized spacial score (nSPS) is 18.6. The van der Waals surface area contributed by atoms with Crippen LogP contribution in [0.4, 0.5) is 5.69 Å². The van der Waals surface area contributed by atoms with Gasteiger partial charge < -0.3 is 15.1 Å². The number of carbonyl (C=O) groups excluding carboxylic acids is 1. The van der Waals surface area contributed by atoms with E-state index in [2.05, 4.69) is 0 Å². The predicted molar refractivity (Wildman–Crippen MR) is 89.2 cm³/mol. The predicted octanol–water partition coefficient (Wildman–Crippen LogP) is 2.41. The van der Waals surface area contributed by atoms with Crippen molar-refractivity contribution in [3.63, 3.8) is 0 Å². The van der Waals surface area contributed by atoms with Crippen molar-refractivity contribution >= 4 is 11.6 Å². The second-order valence-corrected chi connectivity index (χ2v) is 6.42. The maximum absolute atomic E-state index is 13.1. The highest BCUT2D eigenvalue weighted by atomic mass is 16.3. The number of anilines is 1. The van der Waals surface area contributed by atoms with Crippen LogP contribution in [0.1, 0.15) is 31.0 Å². The SMILES string of the molecule is CC1(C)C(=O)N([C@@H](c2ccccc2)[C@H](O)CO)c2ccccc21. The number of aliphatic hydroxyl groups excluding tert-OH is 2. The number of carbonyl (C=O) groups is 1. The van der Waals surface area contributed by atoms with Gasteiger partial charge in [0.1, 0.15) is 6.10 Å². The van der Waals surface area contributed by atoms with E-state index in [9.17, 15) is 15.0 Å². The Morgan fingerprint density at radius 3 is 2.30 bits per heavy atom. The molecule has 0 spiro atoms. The largest absolute Gasteiger partial charge is 0.394 e. The first kappa shape index (κ1) is 15.7. The van der Waals surface area contributed by atoms with Gasteiger partial charge in [0.05, 0.1) is 18.1 Å². The van der Waals surface area contributed by atoms with Crippen LogP contribution < -0.4 is 4.90 Å². The molecule has 0 aromatic heterocycles. The van der Waals surface area contributed by atoms with Crippen LogP contribution in [0, 0.1) is 0 Å². The molecular formula is C19H21NO3. The van der Waals surface area contributed by atoms with Gasteiger partial charge in [-0.2, -0.15) is 0 Å². The molecule has 2 aromatic carbocycles. The molecule has 0 saturated heterocycles. The van der Waals surface area contributed by atoms with Crippen molar-refractivity contribution < 1.29 is 15.0 Å². The maximum Gasteiger partial charge on any atom is 0.237 e. The van der Waals surface area contributed by atoms with E-state index in [0.717, 1.165) is 16.8 Å². The molecule has 23 heavy (non-hydrogen) atoms. The zero-order chi connectivity index (χ0) is 16.6. The summed E-state index contributed by atoms with van der Waals surface area (Å²) in [5, 5.41) is 19.9. The highest BCUT2D eigenvalue weighted by molar-refractivity contribution is 6.08. The Kier molecular flexibility index (Phi) is 3.96. The molecule has 0 saturated carbocycles. The van der Waals surface area contributed by atoms with Crippen LogP contribution in [0.2, 0.25) is 0 Å². The lowest BCUT2D eigenvalue weighted by molar-refractivity contribution is -0.123. The summed E-state index contributed by atoms with van der Waals surface area (Å²) in [5.41, 5.74) is 1.88. The topological polar surface area (TPSA) is 60.8 Å². The summed E-state index contributed by atoms with van der Waals surface area (Å²) in [6, 6.07) is 16.4. The van der Waals surface area contributed by atoms with Crippen molar-refractivity contribution in [3.8, 4) is 0 Å². The number of rotatable bonds is 4. The van der Waals surface area contributed by atoms with Crippen molar-refractivity contribution in [1.82, 2.24) is 0 Å². The summed E-state index contributed by atoms with van der Waals surface area (Å²) in [5.74, 6) is -0.0694. The molecule has 2 N–H and O–H groups in total. The van der Waals surface area contributed by atoms with Gasteiger partial charge in [-0.05, 0) is 31.0 Å². The number of amides is 1. The molecule has 4 nitrogen and oxygen atoms in total. The van der Waals surface area contributed by atoms with Gasteiger partial charge in [-0.15, -0.1) is 0 Å². The van der Waals surface area contributed by atoms with Crippen LogP contribution in [0.15, 0.2) is 54.6 Å². The second kappa shape index (κ2) is 5.80. The van der Waals surface area contributed by atoms with Crippen molar-refractivity contribution in [2.75, 3.05) is 11.5 Å². The molecule has 0 fully saturated rings. The number of nitrogens with zero attached hydrogens (tertiary/aromatic N) is 1. The van der Waals surface area contributed by atoms with Gasteiger partial charge in [-0.1, -0.05) is 48.5 Å². The minimum Gasteiger partial charge on any atom is -0.394 e. The van der Waals surface area contributed by atoms with Gasteiger partial charge >= 0.3 is 0 Å². The van der Waals surface area contributed by atoms with Crippen molar-refractivity contribution in [2.45, 2.75) is 31.4 Å². The Hall–Kier alpha value is -2.17. The van der Waals surface area contributed by atoms with E-state index in [1.54, 1.807) is 4.90 Å². The smallest absolute Gasteiger partial charge is 0.237 e. The first-order chi connectivity index (χ1) is 11.0. The number of para-hydroxylation sites is 1. The van der Waals surface area contributed by atoms with E-state index in [0.29, 0.717) is 0 Å². The third kappa shape index (κ3) is 2.44. The van der Waals surface area contributed by atoms with Gasteiger partial charge in [-0.25, -0.2) is 0 Å². The van der Waals surface area contributed by atoms with E-state index in [1.807, 2.05) is 68.4 Å². The summed E-state index contributed by atoms with van der Waals surface area (Å²) in [6.07, 6.45) is -1.05. The second-order valence-electron chi connectivity index (χ2n) is 6.42. The Labute approximate surface area is 136 Å². The lowest BCUT2D eigenvalue weighted by Gasteiger charge is -2.33. The molecule has 1 aliphatic heterocycles. The average molecular weight is 311 g/mol. The van der Waals surface area contributed by atoms with E-state index in [1.165, 1.54) is 0 Å². The highest BCUT2D eigenvalue weighted by Crippen LogP contribution is 2.45. The lowest BCUT2D eigenvalue weighted by Crippen LogP contribution is -2.44. The zero-order valence-corrected chi connectivity index (χ0v) is 13.3. The molecule has 0 unspecified atom stereocenters. The lowest BCUT2D eigenvalue weighted by atomic mass is 9.86. The fourth-order valence-electron chi connectivity index (χ4n) is 3.31. The van der Waals surface area contributed by atoms with Gasteiger partial charge in [0.15, 0.2) is 0 Å². The number of aliphatic hydroxyl groups is 2. The Bertz CT molecular complexity index is 712. The van der Waals surface area contributed by atoms with Crippen LogP contribution in [0.3, 0.4) is 0 Å². The van der Waals surface area contributed by atoms with E-state index in [-0.39, 0.29) is 5.91 Å². The minimum atomic E-state index is -1.05. The number of hydrogen-bond donors (Lipinski definition) is 2. The molecule has 1 heterocycles. The molecule has 0 bridgehead atoms. The van der Waals surface area contributed by atoms with Crippen molar-refractivity contribution in [3.05, 3.63) is 65.7 Å². The summed E-state index contributed by atoms with van der Waals surface area (Å²) in [7, 11) is 0. The average Bonchev–Trinajstić information content (AvgIpc) is 2.77. The fraction of sp³-hybridized carbons (Fsp3) is 0.316. The van der Waals surface area contributed by atoms with E-state index in [4.69, 9.17) is 0 Å². The van der Waals surface area contributed by atoms with Crippen LogP contribution in [0.25, 0.3) is 0 Å². The highest BCUT2D eigenvalue weighted by Gasteiger charge is 2.47. The van der Waals surface area contributed by atoms with Crippen LogP contribution >= 0.6 is 0 Å². The fourth-order valence-corrected chi connectivity index (χ4v) is 3.31. The molecule has 120 valence electrons. The first-order valence-corrected chi connectivity index (χ1v) is 7.75. The summed E-state index contributed by atoms with van der Waals surface area (Å²) < 4.78 is 0. The van der Waals surface area contributed by atoms with Gasteiger partial charge in [0.2, 0.25) is 5.91 Å². The zero-order valence-electron chi connectivity index (χ0n) is 13.3. The Morgan fingerprint density at radius 1 is 1.04 bits per heavy atom. The van der Waals surface area contributed by atoms with Crippen molar-refractivity contribution in [1.29, 1.82) is 0 Å². The van der Waals surface area contributed by atoms with E-state index >= 15 is 0 Å². The Balaban J connectivity index is 2.16. The molecule has 0 aliphatic carbocycles. The van der Waals surface area contributed by atoms with Crippen LogP contribution in [-0.2, 0) is 10.2 Å². The third-order valence-corrected chi connectivity index (χ3v) is 4.56. The molecule has 0 radical (unpaired) electrons. The molecule has 1 amide bonds. The van der Waals surface area contributed by atoms with E-state index < -0.39 is 24.2 Å². The maximum atomic E-state index is 13.1. The third-order valence-electron chi connectivity index (χ3n) is 4.56. The number of fused-ring (bicyclic) bond motifs is 1. The molecule has 2 atom stereocenters. The van der Waals surface area contributed by atoms with Crippen LogP contribution in [-0.4, -0.2) is 28.8 Å². The standard InChI is InChI=1S/C19H21NO3/c1-19(2)14-10-6-7-11-15(14)20(18(19)23)17(16(22)12-21)13-8-4-3-5-9-13/h3-11,16-17,21-22H,12H2,1-2H3/t16-,17+/m1/s1. The monoisotopic (exact) mass is 311 g/mol. The quantitative estimate of drug-likeness (QED) is 0.911. The first-order valence-electron chi connectivity index (χ1n) is 7.75. The Morgan fingerprint density at radius 2 is 1.65 bits per heavy atom. The molecule has 2 aromatic rings. The summed E-state index contributed by atoms with van der Waals surface area (Å²) in [4.78, 5) is 14.7.